The largest absolute Gasteiger partial charge is 0.215 e. The van der Waals surface area contributed by atoms with Gasteiger partial charge < -0.3 is 0 Å². The molecule has 0 bridgehead atoms. The summed E-state index contributed by atoms with van der Waals surface area (Å²) < 4.78 is 24.2. The first-order valence-electron chi connectivity index (χ1n) is 4.05. The number of rotatable bonds is 6. The van der Waals surface area contributed by atoms with Gasteiger partial charge in [-0.3, -0.25) is 0 Å². The van der Waals surface area contributed by atoms with E-state index in [1.807, 2.05) is 0 Å². The third-order valence-electron chi connectivity index (χ3n) is 1.55. The van der Waals surface area contributed by atoms with Crippen molar-refractivity contribution in [1.29, 1.82) is 0 Å². The smallest absolute Gasteiger partial charge is 0.212 e. The molecule has 0 aliphatic heterocycles. The SMILES string of the molecule is C#CCN(CC)S(=O)(=O)CCCCl. The summed E-state index contributed by atoms with van der Waals surface area (Å²) in [4.78, 5) is 0. The third-order valence-corrected chi connectivity index (χ3v) is 3.80. The minimum atomic E-state index is -3.19. The minimum absolute atomic E-state index is 0.0754. The van der Waals surface area contributed by atoms with Gasteiger partial charge in [0, 0.05) is 12.4 Å². The Morgan fingerprint density at radius 1 is 1.54 bits per heavy atom. The number of sulfonamides is 1. The lowest BCUT2D eigenvalue weighted by molar-refractivity contribution is 0.463. The van der Waals surface area contributed by atoms with Gasteiger partial charge in [0.25, 0.3) is 0 Å². The summed E-state index contributed by atoms with van der Waals surface area (Å²) >= 11 is 5.41. The van der Waals surface area contributed by atoms with Gasteiger partial charge in [0.1, 0.15) is 0 Å². The summed E-state index contributed by atoms with van der Waals surface area (Å²) in [5.41, 5.74) is 0. The molecule has 0 spiro atoms. The van der Waals surface area contributed by atoms with Crippen LogP contribution in [0.2, 0.25) is 0 Å². The normalized spacial score (nSPS) is 11.5. The van der Waals surface area contributed by atoms with Crippen LogP contribution in [0, 0.1) is 12.3 Å². The van der Waals surface area contributed by atoms with Crippen LogP contribution in [0.5, 0.6) is 0 Å². The average molecular weight is 224 g/mol. The molecule has 0 saturated heterocycles. The zero-order chi connectivity index (χ0) is 10.3. The van der Waals surface area contributed by atoms with E-state index in [-0.39, 0.29) is 12.3 Å². The maximum Gasteiger partial charge on any atom is 0.215 e. The van der Waals surface area contributed by atoms with Crippen molar-refractivity contribution in [3.8, 4) is 12.3 Å². The molecule has 0 amide bonds. The molecule has 13 heavy (non-hydrogen) atoms. The van der Waals surface area contributed by atoms with E-state index in [4.69, 9.17) is 18.0 Å². The Morgan fingerprint density at radius 3 is 2.54 bits per heavy atom. The Balaban J connectivity index is 4.32. The highest BCUT2D eigenvalue weighted by atomic mass is 35.5. The Kier molecular flexibility index (Phi) is 6.13. The van der Waals surface area contributed by atoms with Gasteiger partial charge in [-0.05, 0) is 6.42 Å². The predicted octanol–water partition coefficient (Wildman–Crippen LogP) is 0.900. The zero-order valence-electron chi connectivity index (χ0n) is 7.66. The van der Waals surface area contributed by atoms with E-state index in [0.29, 0.717) is 18.8 Å². The van der Waals surface area contributed by atoms with Crippen molar-refractivity contribution in [3.05, 3.63) is 0 Å². The fourth-order valence-corrected chi connectivity index (χ4v) is 2.60. The van der Waals surface area contributed by atoms with Crippen molar-refractivity contribution in [2.45, 2.75) is 13.3 Å². The Labute approximate surface area is 85.1 Å². The highest BCUT2D eigenvalue weighted by Gasteiger charge is 2.18. The second-order valence-corrected chi connectivity index (χ2v) is 4.96. The molecule has 0 aromatic carbocycles. The third kappa shape index (κ3) is 4.51. The number of hydrogen-bond acceptors (Lipinski definition) is 2. The molecular formula is C8H14ClNO2S. The zero-order valence-corrected chi connectivity index (χ0v) is 9.24. The van der Waals surface area contributed by atoms with Crippen LogP contribution in [0.25, 0.3) is 0 Å². The molecule has 0 radical (unpaired) electrons. The standard InChI is InChI=1S/C8H14ClNO2S/c1-3-7-10(4-2)13(11,12)8-5-6-9/h1H,4-8H2,2H3. The molecule has 0 aliphatic carbocycles. The lowest BCUT2D eigenvalue weighted by atomic mass is 10.6. The van der Waals surface area contributed by atoms with E-state index in [0.717, 1.165) is 0 Å². The first-order chi connectivity index (χ1) is 6.08. The average Bonchev–Trinajstić information content (AvgIpc) is 2.10. The van der Waals surface area contributed by atoms with Crippen LogP contribution in [0.1, 0.15) is 13.3 Å². The van der Waals surface area contributed by atoms with Crippen molar-refractivity contribution < 1.29 is 8.42 Å². The van der Waals surface area contributed by atoms with Crippen molar-refractivity contribution in [2.75, 3.05) is 24.7 Å². The fourth-order valence-electron chi connectivity index (χ4n) is 0.875. The molecule has 0 heterocycles. The van der Waals surface area contributed by atoms with Gasteiger partial charge in [-0.1, -0.05) is 12.8 Å². The monoisotopic (exact) mass is 223 g/mol. The molecule has 0 N–H and O–H groups in total. The molecule has 0 aromatic rings. The quantitative estimate of drug-likeness (QED) is 0.496. The lowest BCUT2D eigenvalue weighted by Crippen LogP contribution is -2.33. The van der Waals surface area contributed by atoms with Crippen LogP contribution in [-0.2, 0) is 10.0 Å². The first kappa shape index (κ1) is 12.8. The van der Waals surface area contributed by atoms with Gasteiger partial charge in [-0.25, -0.2) is 8.42 Å². The van der Waals surface area contributed by atoms with Crippen molar-refractivity contribution in [1.82, 2.24) is 4.31 Å². The van der Waals surface area contributed by atoms with E-state index in [1.165, 1.54) is 4.31 Å². The summed E-state index contributed by atoms with van der Waals surface area (Å²) in [5, 5.41) is 0. The van der Waals surface area contributed by atoms with Crippen LogP contribution in [0.15, 0.2) is 0 Å². The predicted molar refractivity (Wildman–Crippen MR) is 55.2 cm³/mol. The van der Waals surface area contributed by atoms with E-state index in [1.54, 1.807) is 6.92 Å². The second kappa shape index (κ2) is 6.25. The summed E-state index contributed by atoms with van der Waals surface area (Å²) in [7, 11) is -3.19. The topological polar surface area (TPSA) is 37.4 Å². The van der Waals surface area contributed by atoms with Crippen LogP contribution >= 0.6 is 11.6 Å². The first-order valence-corrected chi connectivity index (χ1v) is 6.20. The van der Waals surface area contributed by atoms with Crippen LogP contribution in [0.4, 0.5) is 0 Å². The van der Waals surface area contributed by atoms with E-state index in [2.05, 4.69) is 5.92 Å². The summed E-state index contributed by atoms with van der Waals surface area (Å²) in [6.45, 7) is 2.31. The van der Waals surface area contributed by atoms with E-state index < -0.39 is 10.0 Å². The second-order valence-electron chi connectivity index (χ2n) is 2.49. The number of halogens is 1. The number of alkyl halides is 1. The maximum atomic E-state index is 11.5. The summed E-state index contributed by atoms with van der Waals surface area (Å²) in [5.74, 6) is 2.74. The lowest BCUT2D eigenvalue weighted by Gasteiger charge is -2.16. The van der Waals surface area contributed by atoms with Gasteiger partial charge in [-0.2, -0.15) is 4.31 Å². The molecule has 3 nitrogen and oxygen atoms in total. The fraction of sp³-hybridized carbons (Fsp3) is 0.750. The van der Waals surface area contributed by atoms with Gasteiger partial charge in [-0.15, -0.1) is 18.0 Å². The van der Waals surface area contributed by atoms with E-state index in [9.17, 15) is 8.42 Å². The van der Waals surface area contributed by atoms with Crippen molar-refractivity contribution >= 4 is 21.6 Å². The number of hydrogen-bond donors (Lipinski definition) is 0. The van der Waals surface area contributed by atoms with Gasteiger partial charge >= 0.3 is 0 Å². The molecule has 5 heteroatoms. The van der Waals surface area contributed by atoms with Gasteiger partial charge in [0.15, 0.2) is 0 Å². The molecule has 0 aliphatic rings. The maximum absolute atomic E-state index is 11.5. The Bertz CT molecular complexity index is 268. The van der Waals surface area contributed by atoms with Gasteiger partial charge in [0.05, 0.1) is 12.3 Å². The van der Waals surface area contributed by atoms with Crippen LogP contribution in [0.3, 0.4) is 0 Å². The molecular weight excluding hydrogens is 210 g/mol. The van der Waals surface area contributed by atoms with Crippen molar-refractivity contribution in [3.63, 3.8) is 0 Å². The molecule has 0 aromatic heterocycles. The molecule has 76 valence electrons. The molecule has 0 saturated carbocycles. The van der Waals surface area contributed by atoms with Crippen LogP contribution in [-0.4, -0.2) is 37.4 Å². The Morgan fingerprint density at radius 2 is 2.15 bits per heavy atom. The van der Waals surface area contributed by atoms with E-state index >= 15 is 0 Å². The minimum Gasteiger partial charge on any atom is -0.212 e. The number of nitrogens with zero attached hydrogens (tertiary/aromatic N) is 1. The molecule has 0 fully saturated rings. The highest BCUT2D eigenvalue weighted by molar-refractivity contribution is 7.89. The summed E-state index contributed by atoms with van der Waals surface area (Å²) in [6, 6.07) is 0. The van der Waals surface area contributed by atoms with Gasteiger partial charge in [0.2, 0.25) is 10.0 Å². The number of terminal acetylenes is 1. The molecule has 0 rings (SSSR count). The Hall–Kier alpha value is -0.240. The van der Waals surface area contributed by atoms with Crippen LogP contribution < -0.4 is 0 Å². The molecule has 0 unspecified atom stereocenters. The molecule has 0 atom stereocenters. The summed E-state index contributed by atoms with van der Waals surface area (Å²) in [6.07, 6.45) is 5.51. The van der Waals surface area contributed by atoms with Crippen molar-refractivity contribution in [2.24, 2.45) is 0 Å². The highest BCUT2D eigenvalue weighted by Crippen LogP contribution is 2.02.